The van der Waals surface area contributed by atoms with Crippen molar-refractivity contribution in [3.8, 4) is 0 Å². The number of hydrogen-bond donors (Lipinski definition) is 1. The van der Waals surface area contributed by atoms with Crippen LogP contribution in [0.15, 0.2) is 16.9 Å². The van der Waals surface area contributed by atoms with E-state index in [9.17, 15) is 0 Å². The summed E-state index contributed by atoms with van der Waals surface area (Å²) in [5.74, 6) is 0. The molecule has 1 aliphatic rings. The van der Waals surface area contributed by atoms with Crippen molar-refractivity contribution in [2.75, 3.05) is 0 Å². The van der Waals surface area contributed by atoms with Gasteiger partial charge in [-0.3, -0.25) is 4.68 Å². The largest absolute Gasteiger partial charge is 0.328 e. The monoisotopic (exact) mass is 229 g/mol. The highest BCUT2D eigenvalue weighted by molar-refractivity contribution is 9.10. The van der Waals surface area contributed by atoms with Crippen LogP contribution in [0.5, 0.6) is 0 Å². The number of nitrogens with two attached hydrogens (primary N) is 1. The lowest BCUT2D eigenvalue weighted by Crippen LogP contribution is -2.16. The molecule has 0 aliphatic heterocycles. The summed E-state index contributed by atoms with van der Waals surface area (Å²) in [6, 6.07) is 0.893. The molecule has 1 fully saturated rings. The van der Waals surface area contributed by atoms with Crippen molar-refractivity contribution in [2.45, 2.75) is 31.3 Å². The van der Waals surface area contributed by atoms with Crippen LogP contribution >= 0.6 is 15.9 Å². The lowest BCUT2D eigenvalue weighted by molar-refractivity contribution is 0.460. The Labute approximate surface area is 80.1 Å². The van der Waals surface area contributed by atoms with E-state index in [4.69, 9.17) is 5.73 Å². The Balaban J connectivity index is 2.11. The molecule has 0 saturated heterocycles. The van der Waals surface area contributed by atoms with Gasteiger partial charge >= 0.3 is 0 Å². The van der Waals surface area contributed by atoms with Gasteiger partial charge in [-0.1, -0.05) is 0 Å². The van der Waals surface area contributed by atoms with E-state index in [1.165, 1.54) is 0 Å². The van der Waals surface area contributed by atoms with Gasteiger partial charge in [0.25, 0.3) is 0 Å². The van der Waals surface area contributed by atoms with Crippen molar-refractivity contribution in [3.05, 3.63) is 16.9 Å². The maximum atomic E-state index is 5.82. The predicted molar refractivity (Wildman–Crippen MR) is 50.8 cm³/mol. The molecular formula is C8H12BrN3. The summed E-state index contributed by atoms with van der Waals surface area (Å²) in [4.78, 5) is 0. The molecular weight excluding hydrogens is 218 g/mol. The Kier molecular flexibility index (Phi) is 2.19. The molecule has 2 N–H and O–H groups in total. The minimum Gasteiger partial charge on any atom is -0.328 e. The molecule has 2 unspecified atom stereocenters. The maximum absolute atomic E-state index is 5.82. The number of halogens is 1. The first-order valence-electron chi connectivity index (χ1n) is 4.21. The fourth-order valence-electron chi connectivity index (χ4n) is 1.75. The third-order valence-corrected chi connectivity index (χ3v) is 2.80. The zero-order chi connectivity index (χ0) is 8.55. The van der Waals surface area contributed by atoms with E-state index in [1.54, 1.807) is 0 Å². The van der Waals surface area contributed by atoms with Gasteiger partial charge in [-0.15, -0.1) is 0 Å². The Morgan fingerprint density at radius 1 is 1.58 bits per heavy atom. The van der Waals surface area contributed by atoms with Crippen molar-refractivity contribution in [2.24, 2.45) is 5.73 Å². The first-order valence-corrected chi connectivity index (χ1v) is 5.00. The van der Waals surface area contributed by atoms with Gasteiger partial charge in [-0.25, -0.2) is 0 Å². The minimum absolute atomic E-state index is 0.373. The molecule has 0 aromatic carbocycles. The van der Waals surface area contributed by atoms with Crippen LogP contribution in [-0.2, 0) is 0 Å². The number of hydrogen-bond acceptors (Lipinski definition) is 2. The highest BCUT2D eigenvalue weighted by Gasteiger charge is 2.23. The van der Waals surface area contributed by atoms with Gasteiger partial charge in [-0.05, 0) is 35.2 Å². The molecule has 3 nitrogen and oxygen atoms in total. The minimum atomic E-state index is 0.373. The molecule has 66 valence electrons. The normalized spacial score (nSPS) is 29.5. The highest BCUT2D eigenvalue weighted by atomic mass is 79.9. The predicted octanol–water partition coefficient (Wildman–Crippen LogP) is 1.70. The van der Waals surface area contributed by atoms with Crippen LogP contribution in [0, 0.1) is 0 Å². The zero-order valence-corrected chi connectivity index (χ0v) is 8.37. The summed E-state index contributed by atoms with van der Waals surface area (Å²) in [6.45, 7) is 0. The molecule has 12 heavy (non-hydrogen) atoms. The number of aromatic nitrogens is 2. The molecule has 0 spiro atoms. The fraction of sp³-hybridized carbons (Fsp3) is 0.625. The first kappa shape index (κ1) is 8.26. The van der Waals surface area contributed by atoms with Crippen LogP contribution in [0.3, 0.4) is 0 Å². The van der Waals surface area contributed by atoms with Crippen molar-refractivity contribution in [1.82, 2.24) is 9.78 Å². The second-order valence-corrected chi connectivity index (χ2v) is 4.28. The Morgan fingerprint density at radius 2 is 2.42 bits per heavy atom. The zero-order valence-electron chi connectivity index (χ0n) is 6.78. The number of rotatable bonds is 1. The van der Waals surface area contributed by atoms with E-state index in [2.05, 4.69) is 21.0 Å². The molecule has 1 heterocycles. The van der Waals surface area contributed by atoms with E-state index < -0.39 is 0 Å². The number of nitrogens with zero attached hydrogens (tertiary/aromatic N) is 2. The van der Waals surface area contributed by atoms with Crippen LogP contribution in [0.1, 0.15) is 25.3 Å². The Hall–Kier alpha value is -0.350. The van der Waals surface area contributed by atoms with Crippen molar-refractivity contribution < 1.29 is 0 Å². The molecule has 2 atom stereocenters. The van der Waals surface area contributed by atoms with Gasteiger partial charge in [0, 0.05) is 12.2 Å². The summed E-state index contributed by atoms with van der Waals surface area (Å²) in [5, 5.41) is 4.25. The molecule has 0 amide bonds. The van der Waals surface area contributed by atoms with Crippen molar-refractivity contribution >= 4 is 15.9 Å². The quantitative estimate of drug-likeness (QED) is 0.797. The van der Waals surface area contributed by atoms with E-state index in [0.29, 0.717) is 12.1 Å². The van der Waals surface area contributed by atoms with E-state index >= 15 is 0 Å². The van der Waals surface area contributed by atoms with E-state index in [1.807, 2.05) is 17.1 Å². The molecule has 1 aromatic heterocycles. The van der Waals surface area contributed by atoms with Crippen LogP contribution in [0.4, 0.5) is 0 Å². The van der Waals surface area contributed by atoms with Gasteiger partial charge in [0.15, 0.2) is 0 Å². The SMILES string of the molecule is NC1CCC(n2cc(Br)cn2)C1. The van der Waals surface area contributed by atoms with Gasteiger partial charge in [-0.2, -0.15) is 5.10 Å². The average Bonchev–Trinajstić information content (AvgIpc) is 2.58. The molecule has 0 radical (unpaired) electrons. The van der Waals surface area contributed by atoms with Gasteiger partial charge < -0.3 is 5.73 Å². The first-order chi connectivity index (χ1) is 5.75. The van der Waals surface area contributed by atoms with Crippen LogP contribution in [0.25, 0.3) is 0 Å². The molecule has 1 aromatic rings. The topological polar surface area (TPSA) is 43.8 Å². The Morgan fingerprint density at radius 3 is 2.92 bits per heavy atom. The molecule has 1 saturated carbocycles. The van der Waals surface area contributed by atoms with E-state index in [-0.39, 0.29) is 0 Å². The average molecular weight is 230 g/mol. The van der Waals surface area contributed by atoms with Crippen molar-refractivity contribution in [1.29, 1.82) is 0 Å². The molecule has 4 heteroatoms. The molecule has 2 rings (SSSR count). The standard InChI is InChI=1S/C8H12BrN3/c9-6-4-11-12(5-6)8-2-1-7(10)3-8/h4-5,7-8H,1-3,10H2. The van der Waals surface area contributed by atoms with E-state index in [0.717, 1.165) is 23.7 Å². The summed E-state index contributed by atoms with van der Waals surface area (Å²) >= 11 is 3.38. The van der Waals surface area contributed by atoms with Gasteiger partial charge in [0.1, 0.15) is 0 Å². The van der Waals surface area contributed by atoms with Crippen LogP contribution < -0.4 is 5.73 Å². The Bertz CT molecular complexity index is 271. The molecule has 1 aliphatic carbocycles. The van der Waals surface area contributed by atoms with Crippen LogP contribution in [-0.4, -0.2) is 15.8 Å². The smallest absolute Gasteiger partial charge is 0.0632 e. The van der Waals surface area contributed by atoms with Crippen molar-refractivity contribution in [3.63, 3.8) is 0 Å². The third kappa shape index (κ3) is 1.54. The lowest BCUT2D eigenvalue weighted by atomic mass is 10.2. The molecule has 0 bridgehead atoms. The summed E-state index contributed by atoms with van der Waals surface area (Å²) < 4.78 is 3.06. The third-order valence-electron chi connectivity index (χ3n) is 2.39. The van der Waals surface area contributed by atoms with Gasteiger partial charge in [0.2, 0.25) is 0 Å². The second kappa shape index (κ2) is 3.18. The summed E-state index contributed by atoms with van der Waals surface area (Å²) in [6.07, 6.45) is 7.19. The van der Waals surface area contributed by atoms with Gasteiger partial charge in [0.05, 0.1) is 16.7 Å². The highest BCUT2D eigenvalue weighted by Crippen LogP contribution is 2.28. The summed E-state index contributed by atoms with van der Waals surface area (Å²) in [5.41, 5.74) is 5.82. The summed E-state index contributed by atoms with van der Waals surface area (Å²) in [7, 11) is 0. The lowest BCUT2D eigenvalue weighted by Gasteiger charge is -2.08. The van der Waals surface area contributed by atoms with Crippen LogP contribution in [0.2, 0.25) is 0 Å². The fourth-order valence-corrected chi connectivity index (χ4v) is 2.05. The maximum Gasteiger partial charge on any atom is 0.0632 e. The second-order valence-electron chi connectivity index (χ2n) is 3.37.